The second-order valence-corrected chi connectivity index (χ2v) is 5.92. The molecule has 2 amide bonds. The smallest absolute Gasteiger partial charge is 0.243 e. The van der Waals surface area contributed by atoms with Gasteiger partial charge in [-0.1, -0.05) is 28.1 Å². The molecule has 1 heterocycles. The third kappa shape index (κ3) is 2.39. The van der Waals surface area contributed by atoms with Gasteiger partial charge in [0.15, 0.2) is 0 Å². The van der Waals surface area contributed by atoms with Crippen molar-refractivity contribution >= 4 is 27.7 Å². The highest BCUT2D eigenvalue weighted by atomic mass is 79.9. The summed E-state index contributed by atoms with van der Waals surface area (Å²) in [7, 11) is 0. The number of fused-ring (bicyclic) bond motifs is 1. The molecule has 5 heteroatoms. The predicted molar refractivity (Wildman–Crippen MR) is 74.5 cm³/mol. The highest BCUT2D eigenvalue weighted by Gasteiger charge is 2.31. The van der Waals surface area contributed by atoms with Gasteiger partial charge in [0.25, 0.3) is 0 Å². The van der Waals surface area contributed by atoms with Crippen molar-refractivity contribution in [2.24, 2.45) is 0 Å². The molecule has 0 spiro atoms. The van der Waals surface area contributed by atoms with Crippen LogP contribution in [0.4, 0.5) is 0 Å². The fourth-order valence-electron chi connectivity index (χ4n) is 2.84. The van der Waals surface area contributed by atoms with Crippen molar-refractivity contribution < 1.29 is 9.59 Å². The third-order valence-electron chi connectivity index (χ3n) is 3.84. The van der Waals surface area contributed by atoms with E-state index in [0.717, 1.165) is 17.3 Å². The molecule has 3 rings (SSSR count). The molecule has 100 valence electrons. The zero-order valence-electron chi connectivity index (χ0n) is 10.4. The number of hydrogen-bond acceptors (Lipinski definition) is 2. The van der Waals surface area contributed by atoms with E-state index in [1.54, 1.807) is 0 Å². The summed E-state index contributed by atoms with van der Waals surface area (Å²) < 4.78 is 1.11. The molecule has 0 unspecified atom stereocenters. The number of halogens is 1. The van der Waals surface area contributed by atoms with E-state index in [2.05, 4.69) is 32.6 Å². The molecule has 1 fully saturated rings. The van der Waals surface area contributed by atoms with E-state index in [1.165, 1.54) is 11.1 Å². The Labute approximate surface area is 120 Å². The van der Waals surface area contributed by atoms with E-state index in [1.807, 2.05) is 12.1 Å². The average Bonchev–Trinajstić information content (AvgIpc) is 2.98. The molecule has 0 aromatic heterocycles. The molecule has 0 bridgehead atoms. The van der Waals surface area contributed by atoms with Crippen LogP contribution >= 0.6 is 15.9 Å². The van der Waals surface area contributed by atoms with Gasteiger partial charge < -0.3 is 10.6 Å². The van der Waals surface area contributed by atoms with Crippen LogP contribution in [0.1, 0.15) is 36.4 Å². The predicted octanol–water partition coefficient (Wildman–Crippen LogP) is 1.83. The van der Waals surface area contributed by atoms with Crippen molar-refractivity contribution in [1.82, 2.24) is 10.6 Å². The SMILES string of the molecule is O=C1CC[C@@H](C(=O)N[C@H]2CCc3c(Br)cccc32)N1. The Morgan fingerprint density at radius 3 is 2.89 bits per heavy atom. The lowest BCUT2D eigenvalue weighted by molar-refractivity contribution is -0.126. The van der Waals surface area contributed by atoms with E-state index in [4.69, 9.17) is 0 Å². The van der Waals surface area contributed by atoms with Crippen LogP contribution in [-0.4, -0.2) is 17.9 Å². The number of carbonyl (C=O) groups excluding carboxylic acids is 2. The van der Waals surface area contributed by atoms with Crippen LogP contribution in [0, 0.1) is 0 Å². The Kier molecular flexibility index (Phi) is 3.31. The van der Waals surface area contributed by atoms with Gasteiger partial charge in [-0.15, -0.1) is 0 Å². The van der Waals surface area contributed by atoms with Crippen molar-refractivity contribution in [2.45, 2.75) is 37.8 Å². The Morgan fingerprint density at radius 1 is 1.32 bits per heavy atom. The fraction of sp³-hybridized carbons (Fsp3) is 0.429. The topological polar surface area (TPSA) is 58.2 Å². The molecule has 2 N–H and O–H groups in total. The first-order valence-electron chi connectivity index (χ1n) is 6.52. The van der Waals surface area contributed by atoms with Gasteiger partial charge in [-0.05, 0) is 36.5 Å². The first-order valence-corrected chi connectivity index (χ1v) is 7.31. The lowest BCUT2D eigenvalue weighted by atomic mass is 10.1. The highest BCUT2D eigenvalue weighted by Crippen LogP contribution is 2.35. The van der Waals surface area contributed by atoms with E-state index in [0.29, 0.717) is 12.8 Å². The van der Waals surface area contributed by atoms with Gasteiger partial charge in [-0.25, -0.2) is 0 Å². The summed E-state index contributed by atoms with van der Waals surface area (Å²) in [5, 5.41) is 5.75. The maximum atomic E-state index is 12.1. The maximum absolute atomic E-state index is 12.1. The number of rotatable bonds is 2. The van der Waals surface area contributed by atoms with Crippen LogP contribution in [0.15, 0.2) is 22.7 Å². The van der Waals surface area contributed by atoms with Gasteiger partial charge in [0, 0.05) is 10.9 Å². The Balaban J connectivity index is 1.71. The summed E-state index contributed by atoms with van der Waals surface area (Å²) in [6.45, 7) is 0. The quantitative estimate of drug-likeness (QED) is 0.872. The second kappa shape index (κ2) is 4.96. The first-order chi connectivity index (χ1) is 9.15. The minimum absolute atomic E-state index is 0.0327. The molecule has 4 nitrogen and oxygen atoms in total. The Bertz CT molecular complexity index is 544. The lowest BCUT2D eigenvalue weighted by Gasteiger charge is -2.17. The van der Waals surface area contributed by atoms with E-state index < -0.39 is 0 Å². The second-order valence-electron chi connectivity index (χ2n) is 5.07. The van der Waals surface area contributed by atoms with Gasteiger partial charge in [-0.3, -0.25) is 9.59 Å². The van der Waals surface area contributed by atoms with Crippen LogP contribution in [0.5, 0.6) is 0 Å². The molecule has 1 aromatic rings. The van der Waals surface area contributed by atoms with Gasteiger partial charge in [0.2, 0.25) is 11.8 Å². The number of hydrogen-bond donors (Lipinski definition) is 2. The van der Waals surface area contributed by atoms with Crippen molar-refractivity contribution in [3.05, 3.63) is 33.8 Å². The molecule has 1 aromatic carbocycles. The lowest BCUT2D eigenvalue weighted by Crippen LogP contribution is -2.42. The zero-order valence-corrected chi connectivity index (χ0v) is 12.0. The summed E-state index contributed by atoms with van der Waals surface area (Å²) in [6.07, 6.45) is 2.94. The fourth-order valence-corrected chi connectivity index (χ4v) is 3.42. The molecule has 1 aliphatic carbocycles. The zero-order chi connectivity index (χ0) is 13.4. The summed E-state index contributed by atoms with van der Waals surface area (Å²) in [4.78, 5) is 23.2. The number of carbonyl (C=O) groups is 2. The van der Waals surface area contributed by atoms with Crippen molar-refractivity contribution in [1.29, 1.82) is 0 Å². The monoisotopic (exact) mass is 322 g/mol. The van der Waals surface area contributed by atoms with Crippen molar-refractivity contribution in [3.63, 3.8) is 0 Å². The van der Waals surface area contributed by atoms with Gasteiger partial charge >= 0.3 is 0 Å². The van der Waals surface area contributed by atoms with Gasteiger partial charge in [0.05, 0.1) is 6.04 Å². The molecular weight excluding hydrogens is 308 g/mol. The summed E-state index contributed by atoms with van der Waals surface area (Å²) in [6, 6.07) is 5.79. The molecule has 0 saturated carbocycles. The normalized spacial score (nSPS) is 25.0. The Morgan fingerprint density at radius 2 is 2.16 bits per heavy atom. The van der Waals surface area contributed by atoms with Crippen LogP contribution in [0.25, 0.3) is 0 Å². The van der Waals surface area contributed by atoms with Crippen LogP contribution in [0.2, 0.25) is 0 Å². The standard InChI is InChI=1S/C14H15BrN2O2/c15-10-3-1-2-9-8(10)4-5-11(9)17-14(19)12-6-7-13(18)16-12/h1-3,11-12H,4-7H2,(H,16,18)(H,17,19)/t11-,12-/m0/s1. The van der Waals surface area contributed by atoms with Crippen LogP contribution in [-0.2, 0) is 16.0 Å². The summed E-state index contributed by atoms with van der Waals surface area (Å²) >= 11 is 3.55. The Hall–Kier alpha value is -1.36. The van der Waals surface area contributed by atoms with E-state index >= 15 is 0 Å². The highest BCUT2D eigenvalue weighted by molar-refractivity contribution is 9.10. The average molecular weight is 323 g/mol. The molecule has 0 radical (unpaired) electrons. The molecule has 2 aliphatic rings. The number of nitrogens with one attached hydrogen (secondary N) is 2. The van der Waals surface area contributed by atoms with Crippen LogP contribution < -0.4 is 10.6 Å². The molecule has 1 aliphatic heterocycles. The van der Waals surface area contributed by atoms with Gasteiger partial charge in [-0.2, -0.15) is 0 Å². The molecule has 1 saturated heterocycles. The maximum Gasteiger partial charge on any atom is 0.243 e. The number of benzene rings is 1. The third-order valence-corrected chi connectivity index (χ3v) is 4.58. The minimum atomic E-state index is -0.358. The molecule has 2 atom stereocenters. The van der Waals surface area contributed by atoms with Crippen molar-refractivity contribution in [3.8, 4) is 0 Å². The summed E-state index contributed by atoms with van der Waals surface area (Å²) in [5.74, 6) is -0.0987. The first kappa shape index (κ1) is 12.7. The van der Waals surface area contributed by atoms with Gasteiger partial charge in [0.1, 0.15) is 6.04 Å². The van der Waals surface area contributed by atoms with E-state index in [-0.39, 0.29) is 23.9 Å². The van der Waals surface area contributed by atoms with Crippen LogP contribution in [0.3, 0.4) is 0 Å². The molecular formula is C14H15BrN2O2. The largest absolute Gasteiger partial charge is 0.347 e. The summed E-state index contributed by atoms with van der Waals surface area (Å²) in [5.41, 5.74) is 2.47. The number of amides is 2. The van der Waals surface area contributed by atoms with E-state index in [9.17, 15) is 9.59 Å². The minimum Gasteiger partial charge on any atom is -0.347 e. The molecule has 19 heavy (non-hydrogen) atoms. The van der Waals surface area contributed by atoms with Crippen molar-refractivity contribution in [2.75, 3.05) is 0 Å².